The van der Waals surface area contributed by atoms with Gasteiger partial charge in [-0.2, -0.15) is 0 Å². The number of ether oxygens (including phenoxy) is 1. The molecular weight excluding hydrogens is 332 g/mol. The first-order valence-electron chi connectivity index (χ1n) is 7.15. The highest BCUT2D eigenvalue weighted by molar-refractivity contribution is 9.10. The Kier molecular flexibility index (Phi) is 4.99. The van der Waals surface area contributed by atoms with Crippen molar-refractivity contribution < 1.29 is 14.3 Å². The van der Waals surface area contributed by atoms with Crippen molar-refractivity contribution in [2.24, 2.45) is 5.92 Å². The fourth-order valence-electron chi connectivity index (χ4n) is 2.91. The summed E-state index contributed by atoms with van der Waals surface area (Å²) < 4.78 is 6.64. The maximum atomic E-state index is 11.7. The molecule has 4 heteroatoms. The highest BCUT2D eigenvalue weighted by Gasteiger charge is 2.44. The Hall–Kier alpha value is -1.42. The molecule has 0 fully saturated rings. The molecule has 0 aliphatic carbocycles. The third kappa shape index (κ3) is 3.43. The number of hydrogen-bond donors (Lipinski definition) is 0. The molecule has 0 amide bonds. The highest BCUT2D eigenvalue weighted by Crippen LogP contribution is 2.43. The van der Waals surface area contributed by atoms with Crippen LogP contribution in [-0.2, 0) is 19.9 Å². The Balaban J connectivity index is 2.45. The molecule has 1 aromatic rings. The second-order valence-corrected chi connectivity index (χ2v) is 6.36. The molecule has 3 nitrogen and oxygen atoms in total. The van der Waals surface area contributed by atoms with Crippen LogP contribution >= 0.6 is 15.9 Å². The van der Waals surface area contributed by atoms with Gasteiger partial charge < -0.3 is 9.53 Å². The lowest BCUT2D eigenvalue weighted by Crippen LogP contribution is -2.36. The van der Waals surface area contributed by atoms with Crippen molar-refractivity contribution in [1.82, 2.24) is 0 Å². The van der Waals surface area contributed by atoms with Crippen LogP contribution in [0.5, 0.6) is 0 Å². The zero-order chi connectivity index (χ0) is 15.5. The van der Waals surface area contributed by atoms with Crippen LogP contribution in [0, 0.1) is 5.92 Å². The Bertz CT molecular complexity index is 562. The summed E-state index contributed by atoms with van der Waals surface area (Å²) >= 11 is 3.41. The fourth-order valence-corrected chi connectivity index (χ4v) is 3.17. The molecule has 21 heavy (non-hydrogen) atoms. The number of benzene rings is 1. The smallest absolute Gasteiger partial charge is 0.331 e. The van der Waals surface area contributed by atoms with Crippen molar-refractivity contribution in [3.05, 3.63) is 46.5 Å². The molecular formula is C17H19BrO3. The second-order valence-electron chi connectivity index (χ2n) is 5.45. The van der Waals surface area contributed by atoms with Gasteiger partial charge in [0.05, 0.1) is 0 Å². The molecule has 0 bridgehead atoms. The normalized spacial score (nSPS) is 22.1. The van der Waals surface area contributed by atoms with Crippen LogP contribution in [0.4, 0.5) is 0 Å². The average Bonchev–Trinajstić information content (AvgIpc) is 2.82. The molecule has 2 atom stereocenters. The summed E-state index contributed by atoms with van der Waals surface area (Å²) in [7, 11) is 0. The van der Waals surface area contributed by atoms with E-state index >= 15 is 0 Å². The van der Waals surface area contributed by atoms with E-state index in [2.05, 4.69) is 22.9 Å². The molecule has 1 aliphatic rings. The largest absolute Gasteiger partial charge is 0.446 e. The summed E-state index contributed by atoms with van der Waals surface area (Å²) in [6.45, 7) is 3.65. The van der Waals surface area contributed by atoms with Gasteiger partial charge in [-0.25, -0.2) is 4.79 Å². The van der Waals surface area contributed by atoms with Gasteiger partial charge in [0.2, 0.25) is 0 Å². The van der Waals surface area contributed by atoms with Gasteiger partial charge in [-0.1, -0.05) is 41.4 Å². The van der Waals surface area contributed by atoms with E-state index in [0.717, 1.165) is 22.9 Å². The molecule has 2 rings (SSSR count). The zero-order valence-electron chi connectivity index (χ0n) is 12.3. The van der Waals surface area contributed by atoms with Crippen LogP contribution < -0.4 is 0 Å². The van der Waals surface area contributed by atoms with E-state index in [0.29, 0.717) is 6.42 Å². The summed E-state index contributed by atoms with van der Waals surface area (Å²) in [6.07, 6.45) is 5.43. The standard InChI is InChI=1S/C17H19BrO3/c1-3-4-14(11-12(2)19)17(10-9-16(20)21-17)13-5-7-15(18)8-6-13/h5-10,14H,3-4,11H2,1-2H3/t14-,17-/m1/s1. The minimum absolute atomic E-state index is 0.0381. The number of cyclic esters (lactones) is 1. The summed E-state index contributed by atoms with van der Waals surface area (Å²) in [5, 5.41) is 0. The van der Waals surface area contributed by atoms with Crippen LogP contribution in [-0.4, -0.2) is 11.8 Å². The van der Waals surface area contributed by atoms with Gasteiger partial charge in [-0.3, -0.25) is 0 Å². The maximum Gasteiger partial charge on any atom is 0.331 e. The molecule has 0 saturated heterocycles. The van der Waals surface area contributed by atoms with Crippen molar-refractivity contribution in [1.29, 1.82) is 0 Å². The van der Waals surface area contributed by atoms with E-state index in [4.69, 9.17) is 4.74 Å². The van der Waals surface area contributed by atoms with Crippen LogP contribution in [0.25, 0.3) is 0 Å². The van der Waals surface area contributed by atoms with E-state index in [1.54, 1.807) is 6.92 Å². The van der Waals surface area contributed by atoms with E-state index in [9.17, 15) is 9.59 Å². The number of halogens is 1. The average molecular weight is 351 g/mol. The molecule has 0 radical (unpaired) electrons. The topological polar surface area (TPSA) is 43.4 Å². The van der Waals surface area contributed by atoms with E-state index in [-0.39, 0.29) is 17.7 Å². The molecule has 0 spiro atoms. The van der Waals surface area contributed by atoms with Gasteiger partial charge >= 0.3 is 5.97 Å². The van der Waals surface area contributed by atoms with E-state index < -0.39 is 5.60 Å². The maximum absolute atomic E-state index is 11.7. The first-order chi connectivity index (χ1) is 9.98. The Morgan fingerprint density at radius 1 is 1.33 bits per heavy atom. The zero-order valence-corrected chi connectivity index (χ0v) is 13.9. The number of carbonyl (C=O) groups excluding carboxylic acids is 2. The monoisotopic (exact) mass is 350 g/mol. The predicted molar refractivity (Wildman–Crippen MR) is 84.7 cm³/mol. The van der Waals surface area contributed by atoms with Crippen LogP contribution in [0.3, 0.4) is 0 Å². The molecule has 1 aromatic carbocycles. The quantitative estimate of drug-likeness (QED) is 0.723. The lowest BCUT2D eigenvalue weighted by atomic mass is 9.76. The van der Waals surface area contributed by atoms with Gasteiger partial charge in [-0.15, -0.1) is 0 Å². The molecule has 0 saturated carbocycles. The minimum atomic E-state index is -0.820. The number of esters is 1. The lowest BCUT2D eigenvalue weighted by molar-refractivity contribution is -0.152. The van der Waals surface area contributed by atoms with Crippen molar-refractivity contribution in [3.63, 3.8) is 0 Å². The number of carbonyl (C=O) groups is 2. The lowest BCUT2D eigenvalue weighted by Gasteiger charge is -2.35. The third-order valence-electron chi connectivity index (χ3n) is 3.81. The number of Topliss-reactive ketones (excluding diaryl/α,β-unsaturated/α-hetero) is 1. The molecule has 0 unspecified atom stereocenters. The summed E-state index contributed by atoms with van der Waals surface area (Å²) in [5.74, 6) is -0.271. The summed E-state index contributed by atoms with van der Waals surface area (Å²) in [6, 6.07) is 7.73. The van der Waals surface area contributed by atoms with E-state index in [1.165, 1.54) is 6.08 Å². The van der Waals surface area contributed by atoms with Gasteiger partial charge in [0, 0.05) is 22.9 Å². The Morgan fingerprint density at radius 2 is 2.00 bits per heavy atom. The van der Waals surface area contributed by atoms with Crippen molar-refractivity contribution in [2.45, 2.75) is 38.7 Å². The van der Waals surface area contributed by atoms with Crippen LogP contribution in [0.15, 0.2) is 40.9 Å². The highest BCUT2D eigenvalue weighted by atomic mass is 79.9. The van der Waals surface area contributed by atoms with Gasteiger partial charge in [0.15, 0.2) is 5.60 Å². The predicted octanol–water partition coefficient (Wildman–Crippen LogP) is 4.15. The molecule has 0 aromatic heterocycles. The van der Waals surface area contributed by atoms with Crippen molar-refractivity contribution in [3.8, 4) is 0 Å². The SMILES string of the molecule is CCC[C@H](CC(C)=O)[C@]1(c2ccc(Br)cc2)C=CC(=O)O1. The second kappa shape index (κ2) is 6.56. The third-order valence-corrected chi connectivity index (χ3v) is 4.34. The molecule has 1 aliphatic heterocycles. The van der Waals surface area contributed by atoms with E-state index in [1.807, 2.05) is 30.3 Å². The Morgan fingerprint density at radius 3 is 2.48 bits per heavy atom. The Labute approximate surface area is 133 Å². The van der Waals surface area contributed by atoms with Gasteiger partial charge in [0.1, 0.15) is 5.78 Å². The molecule has 112 valence electrons. The van der Waals surface area contributed by atoms with Gasteiger partial charge in [-0.05, 0) is 37.1 Å². The first kappa shape index (κ1) is 16.0. The number of hydrogen-bond acceptors (Lipinski definition) is 3. The minimum Gasteiger partial charge on any atom is -0.446 e. The fraction of sp³-hybridized carbons (Fsp3) is 0.412. The van der Waals surface area contributed by atoms with Gasteiger partial charge in [0.25, 0.3) is 0 Å². The molecule has 1 heterocycles. The number of ketones is 1. The van der Waals surface area contributed by atoms with Crippen molar-refractivity contribution in [2.75, 3.05) is 0 Å². The van der Waals surface area contributed by atoms with Crippen molar-refractivity contribution >= 4 is 27.7 Å². The summed E-state index contributed by atoms with van der Waals surface area (Å²) in [4.78, 5) is 23.3. The first-order valence-corrected chi connectivity index (χ1v) is 7.95. The van der Waals surface area contributed by atoms with Crippen LogP contribution in [0.1, 0.15) is 38.7 Å². The van der Waals surface area contributed by atoms with Crippen LogP contribution in [0.2, 0.25) is 0 Å². The molecule has 0 N–H and O–H groups in total. The number of rotatable bonds is 6. The summed E-state index contributed by atoms with van der Waals surface area (Å²) in [5.41, 5.74) is 0.0897.